The number of phosphoric ester groups is 1. The van der Waals surface area contributed by atoms with Crippen LogP contribution in [0.1, 0.15) is 219 Å². The van der Waals surface area contributed by atoms with E-state index in [1.54, 1.807) is 0 Å². The average Bonchev–Trinajstić information content (AvgIpc) is 3.11. The maximum Gasteiger partial charge on any atom is 0.472 e. The van der Waals surface area contributed by atoms with Crippen molar-refractivity contribution in [3.8, 4) is 0 Å². The van der Waals surface area contributed by atoms with Gasteiger partial charge in [-0.05, 0) is 12.8 Å². The van der Waals surface area contributed by atoms with Crippen LogP contribution in [0.3, 0.4) is 0 Å². The minimum absolute atomic E-state index is 0.0576. The van der Waals surface area contributed by atoms with Gasteiger partial charge in [0.05, 0.1) is 13.2 Å². The first-order valence-electron chi connectivity index (χ1n) is 21.5. The Bertz CT molecular complexity index is 815. The van der Waals surface area contributed by atoms with Crippen LogP contribution in [0, 0.1) is 0 Å². The minimum Gasteiger partial charge on any atom is -0.462 e. The Morgan fingerprint density at radius 2 is 0.843 bits per heavy atom. The van der Waals surface area contributed by atoms with Crippen molar-refractivity contribution in [1.29, 1.82) is 0 Å². The fourth-order valence-corrected chi connectivity index (χ4v) is 7.05. The molecule has 0 amide bonds. The molecule has 0 saturated heterocycles. The van der Waals surface area contributed by atoms with Crippen molar-refractivity contribution in [3.63, 3.8) is 0 Å². The quantitative estimate of drug-likeness (QED) is 0.0356. The highest BCUT2D eigenvalue weighted by atomic mass is 31.2. The predicted molar refractivity (Wildman–Crippen MR) is 211 cm³/mol. The monoisotopic (exact) mass is 748 g/mol. The van der Waals surface area contributed by atoms with E-state index >= 15 is 0 Å². The van der Waals surface area contributed by atoms with Gasteiger partial charge in [0.25, 0.3) is 0 Å². The molecule has 3 N–H and O–H groups in total. The number of hydrogen-bond donors (Lipinski definition) is 2. The van der Waals surface area contributed by atoms with Gasteiger partial charge in [0.15, 0.2) is 6.10 Å². The number of phosphoric acid groups is 1. The summed E-state index contributed by atoms with van der Waals surface area (Å²) in [5, 5.41) is 0. The number of esters is 2. The van der Waals surface area contributed by atoms with Crippen LogP contribution >= 0.6 is 7.82 Å². The molecule has 0 aromatic carbocycles. The molecule has 10 heteroatoms. The number of ether oxygens (including phenoxy) is 2. The van der Waals surface area contributed by atoms with Gasteiger partial charge in [-0.2, -0.15) is 0 Å². The zero-order chi connectivity index (χ0) is 37.5. The molecule has 0 aliphatic carbocycles. The van der Waals surface area contributed by atoms with Crippen LogP contribution in [-0.4, -0.2) is 49.3 Å². The first-order chi connectivity index (χ1) is 24.8. The second-order valence-corrected chi connectivity index (χ2v) is 16.0. The number of carbonyl (C=O) groups is 2. The van der Waals surface area contributed by atoms with Crippen molar-refractivity contribution in [2.75, 3.05) is 26.4 Å². The third kappa shape index (κ3) is 38.5. The van der Waals surface area contributed by atoms with E-state index in [2.05, 4.69) is 13.8 Å². The lowest BCUT2D eigenvalue weighted by molar-refractivity contribution is -0.161. The number of unbranched alkanes of at least 4 members (excludes halogenated alkanes) is 28. The largest absolute Gasteiger partial charge is 0.472 e. The highest BCUT2D eigenvalue weighted by Crippen LogP contribution is 2.43. The normalized spacial score (nSPS) is 13.3. The Morgan fingerprint density at radius 1 is 0.510 bits per heavy atom. The molecule has 9 nitrogen and oxygen atoms in total. The number of carbonyl (C=O) groups excluding carboxylic acids is 2. The number of rotatable bonds is 41. The van der Waals surface area contributed by atoms with Crippen LogP contribution in [-0.2, 0) is 32.7 Å². The van der Waals surface area contributed by atoms with Crippen LogP contribution in [0.2, 0.25) is 0 Å². The summed E-state index contributed by atoms with van der Waals surface area (Å²) in [7, 11) is -4.36. The Morgan fingerprint density at radius 3 is 1.20 bits per heavy atom. The molecular formula is C41H82NO8P. The molecule has 0 radical (unpaired) electrons. The van der Waals surface area contributed by atoms with Crippen LogP contribution in [0.15, 0.2) is 0 Å². The molecule has 51 heavy (non-hydrogen) atoms. The summed E-state index contributed by atoms with van der Waals surface area (Å²) in [6, 6.07) is 0. The number of hydrogen-bond acceptors (Lipinski definition) is 8. The first-order valence-corrected chi connectivity index (χ1v) is 23.0. The summed E-state index contributed by atoms with van der Waals surface area (Å²) in [5.41, 5.74) is 5.33. The molecule has 0 aromatic heterocycles. The van der Waals surface area contributed by atoms with Gasteiger partial charge in [-0.1, -0.05) is 194 Å². The molecule has 0 spiro atoms. The maximum absolute atomic E-state index is 12.5. The molecule has 0 fully saturated rings. The van der Waals surface area contributed by atoms with Crippen molar-refractivity contribution in [3.05, 3.63) is 0 Å². The second kappa shape index (κ2) is 38.7. The van der Waals surface area contributed by atoms with E-state index in [1.807, 2.05) is 0 Å². The standard InChI is InChI=1S/C41H82NO8P/c1-3-5-7-9-11-13-14-15-16-17-18-19-20-21-22-23-24-25-26-28-29-31-33-40(43)47-37-39(38-49-51(45,46)48-36-35-42)50-41(44)34-32-30-27-12-10-8-6-4-2/h39H,3-38,42H2,1-2H3,(H,45,46)/t39-/m1/s1. The Kier molecular flexibility index (Phi) is 38.0. The van der Waals surface area contributed by atoms with Crippen LogP contribution < -0.4 is 5.73 Å². The van der Waals surface area contributed by atoms with Gasteiger partial charge in [-0.15, -0.1) is 0 Å². The highest BCUT2D eigenvalue weighted by Gasteiger charge is 2.26. The Labute approximate surface area is 314 Å². The van der Waals surface area contributed by atoms with Gasteiger partial charge >= 0.3 is 19.8 Å². The van der Waals surface area contributed by atoms with E-state index in [1.165, 1.54) is 148 Å². The molecule has 0 aromatic rings. The predicted octanol–water partition coefficient (Wildman–Crippen LogP) is 12.1. The lowest BCUT2D eigenvalue weighted by Crippen LogP contribution is -2.29. The lowest BCUT2D eigenvalue weighted by atomic mass is 10.0. The summed E-state index contributed by atoms with van der Waals surface area (Å²) in [5.74, 6) is -0.820. The molecule has 1 unspecified atom stereocenters. The fourth-order valence-electron chi connectivity index (χ4n) is 6.28. The van der Waals surface area contributed by atoms with Crippen molar-refractivity contribution in [2.24, 2.45) is 5.73 Å². The zero-order valence-electron chi connectivity index (χ0n) is 33.4. The van der Waals surface area contributed by atoms with E-state index in [9.17, 15) is 19.0 Å². The molecule has 2 atom stereocenters. The molecule has 0 aliphatic heterocycles. The van der Waals surface area contributed by atoms with Gasteiger partial charge in [0, 0.05) is 19.4 Å². The zero-order valence-corrected chi connectivity index (χ0v) is 34.3. The molecule has 0 saturated carbocycles. The van der Waals surface area contributed by atoms with Gasteiger partial charge < -0.3 is 20.1 Å². The summed E-state index contributed by atoms with van der Waals surface area (Å²) in [6.45, 7) is 3.73. The second-order valence-electron chi connectivity index (χ2n) is 14.6. The van der Waals surface area contributed by atoms with Crippen LogP contribution in [0.5, 0.6) is 0 Å². The first kappa shape index (κ1) is 50.0. The van der Waals surface area contributed by atoms with Gasteiger partial charge in [-0.3, -0.25) is 18.6 Å². The van der Waals surface area contributed by atoms with E-state index in [4.69, 9.17) is 24.3 Å². The SMILES string of the molecule is CCCCCCCCCCCCCCCCCCCCCCCCC(=O)OC[C@H](COP(=O)(O)OCCN)OC(=O)CCCCCCCCCC. The lowest BCUT2D eigenvalue weighted by Gasteiger charge is -2.19. The van der Waals surface area contributed by atoms with Gasteiger partial charge in [-0.25, -0.2) is 4.57 Å². The smallest absolute Gasteiger partial charge is 0.462 e. The Balaban J connectivity index is 3.93. The van der Waals surface area contributed by atoms with Crippen molar-refractivity contribution in [2.45, 2.75) is 225 Å². The summed E-state index contributed by atoms with van der Waals surface area (Å²) >= 11 is 0. The van der Waals surface area contributed by atoms with Crippen LogP contribution in [0.25, 0.3) is 0 Å². The summed E-state index contributed by atoms with van der Waals surface area (Å²) in [4.78, 5) is 34.7. The molecule has 0 aliphatic rings. The topological polar surface area (TPSA) is 134 Å². The fraction of sp³-hybridized carbons (Fsp3) is 0.951. The highest BCUT2D eigenvalue weighted by molar-refractivity contribution is 7.47. The number of nitrogens with two attached hydrogens (primary N) is 1. The average molecular weight is 748 g/mol. The summed E-state index contributed by atoms with van der Waals surface area (Å²) < 4.78 is 32.6. The molecule has 0 heterocycles. The maximum atomic E-state index is 12.5. The van der Waals surface area contributed by atoms with Crippen molar-refractivity contribution in [1.82, 2.24) is 0 Å². The summed E-state index contributed by atoms with van der Waals surface area (Å²) in [6.07, 6.45) is 37.3. The molecule has 0 bridgehead atoms. The van der Waals surface area contributed by atoms with Gasteiger partial charge in [0.1, 0.15) is 6.61 Å². The van der Waals surface area contributed by atoms with Crippen LogP contribution in [0.4, 0.5) is 0 Å². The molecule has 304 valence electrons. The van der Waals surface area contributed by atoms with E-state index in [-0.39, 0.29) is 38.6 Å². The third-order valence-corrected chi connectivity index (χ3v) is 10.5. The van der Waals surface area contributed by atoms with E-state index in [0.29, 0.717) is 6.42 Å². The minimum atomic E-state index is -4.36. The van der Waals surface area contributed by atoms with Crippen molar-refractivity contribution >= 4 is 19.8 Å². The molecule has 0 rings (SSSR count). The van der Waals surface area contributed by atoms with E-state index in [0.717, 1.165) is 38.5 Å². The van der Waals surface area contributed by atoms with E-state index < -0.39 is 26.5 Å². The molecular weight excluding hydrogens is 665 g/mol. The third-order valence-electron chi connectivity index (χ3n) is 9.49. The van der Waals surface area contributed by atoms with Gasteiger partial charge in [0.2, 0.25) is 0 Å². The van der Waals surface area contributed by atoms with Crippen molar-refractivity contribution < 1.29 is 37.6 Å². The Hall–Kier alpha value is -0.990.